The number of hydrogen-bond donors (Lipinski definition) is 1. The molecule has 0 radical (unpaired) electrons. The van der Waals surface area contributed by atoms with Gasteiger partial charge in [-0.25, -0.2) is 0 Å². The molecule has 0 aromatic carbocycles. The summed E-state index contributed by atoms with van der Waals surface area (Å²) >= 11 is 0. The minimum atomic E-state index is -0.473. The lowest BCUT2D eigenvalue weighted by molar-refractivity contribution is -0.125. The van der Waals surface area contributed by atoms with E-state index in [2.05, 4.69) is 11.4 Å². The van der Waals surface area contributed by atoms with Gasteiger partial charge in [-0.2, -0.15) is 5.26 Å². The van der Waals surface area contributed by atoms with Gasteiger partial charge in [0.2, 0.25) is 5.91 Å². The molecule has 2 fully saturated rings. The molecule has 0 aromatic heterocycles. The van der Waals surface area contributed by atoms with Gasteiger partial charge < -0.3 is 5.32 Å². The summed E-state index contributed by atoms with van der Waals surface area (Å²) < 4.78 is 0. The Hall–Kier alpha value is -1.04. The number of amides is 1. The van der Waals surface area contributed by atoms with E-state index in [1.165, 1.54) is 0 Å². The van der Waals surface area contributed by atoms with E-state index in [-0.39, 0.29) is 11.8 Å². The number of nitriles is 1. The van der Waals surface area contributed by atoms with Gasteiger partial charge in [-0.1, -0.05) is 12.8 Å². The van der Waals surface area contributed by atoms with E-state index in [1.54, 1.807) is 0 Å². The van der Waals surface area contributed by atoms with Gasteiger partial charge in [0.25, 0.3) is 0 Å². The molecule has 0 aromatic rings. The highest BCUT2D eigenvalue weighted by Gasteiger charge is 2.45. The minimum Gasteiger partial charge on any atom is -0.338 e. The Morgan fingerprint density at radius 2 is 2.00 bits per heavy atom. The first-order valence-corrected chi connectivity index (χ1v) is 4.99. The van der Waals surface area contributed by atoms with Crippen LogP contribution in [0.25, 0.3) is 0 Å². The van der Waals surface area contributed by atoms with Gasteiger partial charge in [0.05, 0.1) is 6.07 Å². The average molecular weight is 178 g/mol. The smallest absolute Gasteiger partial charge is 0.224 e. The number of carbonyl (C=O) groups is 1. The zero-order valence-electron chi connectivity index (χ0n) is 7.68. The third-order valence-corrected chi connectivity index (χ3v) is 3.05. The van der Waals surface area contributed by atoms with E-state index in [1.807, 2.05) is 0 Å². The van der Waals surface area contributed by atoms with E-state index in [0.29, 0.717) is 0 Å². The maximum absolute atomic E-state index is 11.6. The van der Waals surface area contributed by atoms with Crippen molar-refractivity contribution in [2.24, 2.45) is 5.92 Å². The summed E-state index contributed by atoms with van der Waals surface area (Å²) in [5.74, 6) is 0.294. The van der Waals surface area contributed by atoms with Crippen LogP contribution in [0.5, 0.6) is 0 Å². The molecule has 0 atom stereocenters. The van der Waals surface area contributed by atoms with Crippen LogP contribution in [0.4, 0.5) is 0 Å². The second-order valence-corrected chi connectivity index (χ2v) is 4.16. The lowest BCUT2D eigenvalue weighted by atomic mass is 10.1. The number of nitrogens with zero attached hydrogens (tertiary/aromatic N) is 1. The Kier molecular flexibility index (Phi) is 1.99. The van der Waals surface area contributed by atoms with E-state index < -0.39 is 5.54 Å². The van der Waals surface area contributed by atoms with E-state index in [0.717, 1.165) is 38.5 Å². The van der Waals surface area contributed by atoms with Crippen molar-refractivity contribution in [2.45, 2.75) is 44.1 Å². The number of hydrogen-bond acceptors (Lipinski definition) is 2. The highest BCUT2D eigenvalue weighted by molar-refractivity contribution is 5.80. The van der Waals surface area contributed by atoms with Crippen molar-refractivity contribution >= 4 is 5.91 Å². The highest BCUT2D eigenvalue weighted by Crippen LogP contribution is 2.35. The number of carbonyl (C=O) groups excluding carboxylic acids is 1. The molecule has 2 saturated carbocycles. The summed E-state index contributed by atoms with van der Waals surface area (Å²) in [7, 11) is 0. The summed E-state index contributed by atoms with van der Waals surface area (Å²) in [5, 5.41) is 11.6. The molecule has 1 N–H and O–H groups in total. The highest BCUT2D eigenvalue weighted by atomic mass is 16.2. The maximum Gasteiger partial charge on any atom is 0.224 e. The van der Waals surface area contributed by atoms with Crippen LogP contribution in [0.1, 0.15) is 38.5 Å². The van der Waals surface area contributed by atoms with Crippen molar-refractivity contribution in [3.05, 3.63) is 0 Å². The molecule has 13 heavy (non-hydrogen) atoms. The van der Waals surface area contributed by atoms with Gasteiger partial charge in [0.1, 0.15) is 5.54 Å². The summed E-state index contributed by atoms with van der Waals surface area (Å²) in [6.07, 6.45) is 6.01. The van der Waals surface area contributed by atoms with Crippen LogP contribution < -0.4 is 5.32 Å². The Morgan fingerprint density at radius 3 is 2.46 bits per heavy atom. The second-order valence-electron chi connectivity index (χ2n) is 4.16. The quantitative estimate of drug-likeness (QED) is 0.694. The third-order valence-electron chi connectivity index (χ3n) is 3.05. The lowest BCUT2D eigenvalue weighted by Crippen LogP contribution is -2.39. The molecular formula is C10H14N2O. The van der Waals surface area contributed by atoms with Crippen molar-refractivity contribution in [3.8, 4) is 6.07 Å². The van der Waals surface area contributed by atoms with Crippen LogP contribution in [-0.2, 0) is 4.79 Å². The fraction of sp³-hybridized carbons (Fsp3) is 0.800. The molecule has 2 aliphatic carbocycles. The largest absolute Gasteiger partial charge is 0.338 e. The molecule has 2 rings (SSSR count). The molecule has 0 heterocycles. The molecule has 2 aliphatic rings. The predicted octanol–water partition coefficient (Wildman–Crippen LogP) is 1.35. The molecular weight excluding hydrogens is 164 g/mol. The molecule has 3 heteroatoms. The Labute approximate surface area is 78.1 Å². The van der Waals surface area contributed by atoms with Crippen molar-refractivity contribution in [1.82, 2.24) is 5.32 Å². The third kappa shape index (κ3) is 1.67. The van der Waals surface area contributed by atoms with Crippen LogP contribution in [-0.4, -0.2) is 11.4 Å². The van der Waals surface area contributed by atoms with Crippen LogP contribution in [0.15, 0.2) is 0 Å². The maximum atomic E-state index is 11.6. The molecule has 0 saturated heterocycles. The topological polar surface area (TPSA) is 52.9 Å². The van der Waals surface area contributed by atoms with Crippen LogP contribution >= 0.6 is 0 Å². The SMILES string of the molecule is N#CC1(NC(=O)C2CCCC2)CC1. The van der Waals surface area contributed by atoms with Crippen molar-refractivity contribution in [2.75, 3.05) is 0 Å². The van der Waals surface area contributed by atoms with Gasteiger partial charge >= 0.3 is 0 Å². The molecule has 1 amide bonds. The Morgan fingerprint density at radius 1 is 1.38 bits per heavy atom. The van der Waals surface area contributed by atoms with E-state index in [4.69, 9.17) is 5.26 Å². The van der Waals surface area contributed by atoms with Gasteiger partial charge in [-0.05, 0) is 25.7 Å². The van der Waals surface area contributed by atoms with Crippen molar-refractivity contribution in [3.63, 3.8) is 0 Å². The van der Waals surface area contributed by atoms with Crippen LogP contribution in [0.2, 0.25) is 0 Å². The zero-order chi connectivity index (χ0) is 9.31. The van der Waals surface area contributed by atoms with Gasteiger partial charge in [0, 0.05) is 5.92 Å². The predicted molar refractivity (Wildman–Crippen MR) is 47.7 cm³/mol. The molecule has 0 bridgehead atoms. The van der Waals surface area contributed by atoms with Crippen LogP contribution in [0, 0.1) is 17.2 Å². The van der Waals surface area contributed by atoms with E-state index in [9.17, 15) is 4.79 Å². The Balaban J connectivity index is 1.88. The first kappa shape index (κ1) is 8.55. The first-order valence-electron chi connectivity index (χ1n) is 4.99. The average Bonchev–Trinajstić information content (AvgIpc) is 2.69. The van der Waals surface area contributed by atoms with E-state index >= 15 is 0 Å². The first-order chi connectivity index (χ1) is 6.26. The van der Waals surface area contributed by atoms with Gasteiger partial charge in [0.15, 0.2) is 0 Å². The molecule has 0 spiro atoms. The fourth-order valence-electron chi connectivity index (χ4n) is 1.92. The van der Waals surface area contributed by atoms with Gasteiger partial charge in [-0.3, -0.25) is 4.79 Å². The molecule has 3 nitrogen and oxygen atoms in total. The lowest BCUT2D eigenvalue weighted by Gasteiger charge is -2.13. The van der Waals surface area contributed by atoms with Crippen molar-refractivity contribution in [1.29, 1.82) is 5.26 Å². The molecule has 0 aliphatic heterocycles. The normalized spacial score (nSPS) is 25.2. The molecule has 0 unspecified atom stereocenters. The summed E-state index contributed by atoms with van der Waals surface area (Å²) in [5.41, 5.74) is -0.473. The van der Waals surface area contributed by atoms with Gasteiger partial charge in [-0.15, -0.1) is 0 Å². The summed E-state index contributed by atoms with van der Waals surface area (Å²) in [4.78, 5) is 11.6. The monoisotopic (exact) mass is 178 g/mol. The Bertz CT molecular complexity index is 257. The second kappa shape index (κ2) is 3.02. The minimum absolute atomic E-state index is 0.108. The number of nitrogens with one attached hydrogen (secondary N) is 1. The number of rotatable bonds is 2. The van der Waals surface area contributed by atoms with Crippen LogP contribution in [0.3, 0.4) is 0 Å². The zero-order valence-corrected chi connectivity index (χ0v) is 7.68. The fourth-order valence-corrected chi connectivity index (χ4v) is 1.92. The van der Waals surface area contributed by atoms with Crippen molar-refractivity contribution < 1.29 is 4.79 Å². The summed E-state index contributed by atoms with van der Waals surface area (Å²) in [6, 6.07) is 2.17. The molecule has 70 valence electrons. The summed E-state index contributed by atoms with van der Waals surface area (Å²) in [6.45, 7) is 0. The standard InChI is InChI=1S/C10H14N2O/c11-7-10(5-6-10)12-9(13)8-3-1-2-4-8/h8H,1-6H2,(H,12,13).